The molecule has 0 spiro atoms. The summed E-state index contributed by atoms with van der Waals surface area (Å²) in [6, 6.07) is 4.54. The van der Waals surface area contributed by atoms with Crippen LogP contribution >= 0.6 is 23.2 Å². The fourth-order valence-corrected chi connectivity index (χ4v) is 1.26. The van der Waals surface area contributed by atoms with Crippen LogP contribution in [-0.4, -0.2) is 12.1 Å². The maximum Gasteiger partial charge on any atom is 0.138 e. The molecule has 0 saturated heterocycles. The van der Waals surface area contributed by atoms with Crippen molar-refractivity contribution in [3.8, 4) is 5.75 Å². The Bertz CT molecular complexity index is 357. The van der Waals surface area contributed by atoms with E-state index in [4.69, 9.17) is 27.9 Å². The summed E-state index contributed by atoms with van der Waals surface area (Å²) in [6.07, 6.45) is -1.05. The van der Waals surface area contributed by atoms with E-state index < -0.39 is 12.1 Å². The lowest BCUT2D eigenvalue weighted by Crippen LogP contribution is -2.37. The van der Waals surface area contributed by atoms with Crippen molar-refractivity contribution in [3.05, 3.63) is 28.2 Å². The summed E-state index contributed by atoms with van der Waals surface area (Å²) in [7, 11) is 0. The van der Waals surface area contributed by atoms with Crippen LogP contribution in [0.15, 0.2) is 18.2 Å². The zero-order valence-electron chi connectivity index (χ0n) is 8.29. The van der Waals surface area contributed by atoms with Crippen molar-refractivity contribution >= 4 is 29.2 Å². The van der Waals surface area contributed by atoms with E-state index in [1.54, 1.807) is 6.07 Å². The Balaban J connectivity index is 0.00000196. The molecule has 0 fully saturated rings. The second-order valence-electron chi connectivity index (χ2n) is 2.65. The van der Waals surface area contributed by atoms with Gasteiger partial charge >= 0.3 is 0 Å². The first-order valence-electron chi connectivity index (χ1n) is 3.83. The Morgan fingerprint density at radius 2 is 2.07 bits per heavy atom. The molecule has 0 heterocycles. The smallest absolute Gasteiger partial charge is 0.138 e. The number of carbonyl (C=O) groups is 1. The molecule has 4 N–H and O–H groups in total. The van der Waals surface area contributed by atoms with Crippen molar-refractivity contribution in [2.75, 3.05) is 0 Å². The van der Waals surface area contributed by atoms with Gasteiger partial charge in [0.15, 0.2) is 0 Å². The highest BCUT2D eigenvalue weighted by Crippen LogP contribution is 2.28. The molecule has 0 amide bonds. The zero-order chi connectivity index (χ0) is 10.7. The number of carboxylic acids is 1. The van der Waals surface area contributed by atoms with Gasteiger partial charge in [0, 0.05) is 5.02 Å². The van der Waals surface area contributed by atoms with Crippen LogP contribution in [0.5, 0.6) is 5.75 Å². The van der Waals surface area contributed by atoms with Crippen molar-refractivity contribution in [2.24, 2.45) is 0 Å². The molecule has 4 nitrogen and oxygen atoms in total. The standard InChI is InChI=1S/C9H8Cl2O3.H3N/c1-5(9(12)13)14-8-3-2-6(10)4-7(8)11;/h2-5H,1H3,(H,12,13);1H3. The first kappa shape index (κ1) is 14.0. The molecule has 0 aliphatic heterocycles. The number of ether oxygens (including phenoxy) is 1. The van der Waals surface area contributed by atoms with Gasteiger partial charge in [0.25, 0.3) is 0 Å². The zero-order valence-corrected chi connectivity index (χ0v) is 9.80. The molecule has 0 aromatic heterocycles. The lowest BCUT2D eigenvalue weighted by atomic mass is 10.3. The van der Waals surface area contributed by atoms with Crippen LogP contribution in [0.4, 0.5) is 0 Å². The molecule has 0 aliphatic carbocycles. The van der Waals surface area contributed by atoms with Crippen LogP contribution in [0.3, 0.4) is 0 Å². The normalized spacial score (nSPS) is 11.4. The highest BCUT2D eigenvalue weighted by atomic mass is 35.5. The lowest BCUT2D eigenvalue weighted by molar-refractivity contribution is -0.312. The Kier molecular flexibility index (Phi) is 5.43. The van der Waals surface area contributed by atoms with Gasteiger partial charge in [-0.1, -0.05) is 23.2 Å². The number of benzene rings is 1. The first-order valence-corrected chi connectivity index (χ1v) is 4.59. The fourth-order valence-electron chi connectivity index (χ4n) is 0.809. The summed E-state index contributed by atoms with van der Waals surface area (Å²) < 4.78 is 5.01. The maximum absolute atomic E-state index is 10.4. The lowest BCUT2D eigenvalue weighted by Gasteiger charge is -2.16. The van der Waals surface area contributed by atoms with Gasteiger partial charge < -0.3 is 20.8 Å². The second-order valence-corrected chi connectivity index (χ2v) is 3.50. The van der Waals surface area contributed by atoms with E-state index in [9.17, 15) is 9.90 Å². The Morgan fingerprint density at radius 3 is 2.53 bits per heavy atom. The van der Waals surface area contributed by atoms with Crippen LogP contribution in [0, 0.1) is 0 Å². The molecule has 6 heteroatoms. The molecule has 1 unspecified atom stereocenters. The number of rotatable bonds is 3. The molecule has 1 rings (SSSR count). The molecule has 0 radical (unpaired) electrons. The van der Waals surface area contributed by atoms with Crippen molar-refractivity contribution in [2.45, 2.75) is 13.0 Å². The van der Waals surface area contributed by atoms with Crippen molar-refractivity contribution in [1.82, 2.24) is 6.15 Å². The second kappa shape index (κ2) is 5.80. The van der Waals surface area contributed by atoms with Crippen molar-refractivity contribution < 1.29 is 14.6 Å². The average molecular weight is 252 g/mol. The Morgan fingerprint density at radius 1 is 1.47 bits per heavy atom. The third-order valence-electron chi connectivity index (χ3n) is 1.53. The predicted octanol–water partition coefficient (Wildman–Crippen LogP) is 1.89. The summed E-state index contributed by atoms with van der Waals surface area (Å²) in [5.41, 5.74) is 0. The van der Waals surface area contributed by atoms with Gasteiger partial charge in [-0.2, -0.15) is 0 Å². The van der Waals surface area contributed by atoms with E-state index in [0.29, 0.717) is 5.02 Å². The van der Waals surface area contributed by atoms with E-state index in [-0.39, 0.29) is 16.9 Å². The highest BCUT2D eigenvalue weighted by molar-refractivity contribution is 6.35. The van der Waals surface area contributed by atoms with E-state index in [1.807, 2.05) is 0 Å². The molecular weight excluding hydrogens is 241 g/mol. The number of hydrogen-bond acceptors (Lipinski definition) is 3. The van der Waals surface area contributed by atoms with Gasteiger partial charge in [-0.15, -0.1) is 0 Å². The largest absolute Gasteiger partial charge is 0.546 e. The Labute approximate surface area is 97.3 Å². The quantitative estimate of drug-likeness (QED) is 0.890. The van der Waals surface area contributed by atoms with Gasteiger partial charge in [-0.05, 0) is 25.1 Å². The first-order chi connectivity index (χ1) is 6.50. The number of quaternary nitrogens is 1. The summed E-state index contributed by atoms with van der Waals surface area (Å²) in [4.78, 5) is 10.4. The van der Waals surface area contributed by atoms with E-state index >= 15 is 0 Å². The molecule has 0 aliphatic rings. The van der Waals surface area contributed by atoms with Crippen molar-refractivity contribution in [1.29, 1.82) is 0 Å². The number of halogens is 2. The minimum atomic E-state index is -1.30. The fraction of sp³-hybridized carbons (Fsp3) is 0.222. The van der Waals surface area contributed by atoms with Crippen molar-refractivity contribution in [3.63, 3.8) is 0 Å². The van der Waals surface area contributed by atoms with Gasteiger partial charge in [0.1, 0.15) is 11.9 Å². The predicted molar refractivity (Wildman–Crippen MR) is 57.5 cm³/mol. The Hall–Kier alpha value is -0.970. The van der Waals surface area contributed by atoms with E-state index in [0.717, 1.165) is 0 Å². The van der Waals surface area contributed by atoms with Gasteiger partial charge in [-0.3, -0.25) is 0 Å². The van der Waals surface area contributed by atoms with Crippen LogP contribution in [0.2, 0.25) is 10.0 Å². The van der Waals surface area contributed by atoms with Crippen LogP contribution in [-0.2, 0) is 4.79 Å². The molecule has 1 aromatic carbocycles. The van der Waals surface area contributed by atoms with Gasteiger partial charge in [0.2, 0.25) is 0 Å². The summed E-state index contributed by atoms with van der Waals surface area (Å²) in [5.74, 6) is -1.02. The SMILES string of the molecule is CC(Oc1ccc(Cl)cc1Cl)C(=O)[O-].[NH4+]. The summed E-state index contributed by atoms with van der Waals surface area (Å²) in [5, 5.41) is 11.1. The van der Waals surface area contributed by atoms with E-state index in [1.165, 1.54) is 19.1 Å². The minimum absolute atomic E-state index is 0. The molecular formula is C9H11Cl2NO3. The third-order valence-corrected chi connectivity index (χ3v) is 2.06. The summed E-state index contributed by atoms with van der Waals surface area (Å²) in [6.45, 7) is 1.36. The third kappa shape index (κ3) is 3.95. The van der Waals surface area contributed by atoms with Crippen LogP contribution in [0.25, 0.3) is 0 Å². The number of carbonyl (C=O) groups excluding carboxylic acids is 1. The molecule has 1 atom stereocenters. The molecule has 0 saturated carbocycles. The summed E-state index contributed by atoms with van der Waals surface area (Å²) >= 11 is 11.4. The highest BCUT2D eigenvalue weighted by Gasteiger charge is 2.08. The molecule has 84 valence electrons. The molecule has 0 bridgehead atoms. The topological polar surface area (TPSA) is 85.9 Å². The average Bonchev–Trinajstić information content (AvgIpc) is 2.09. The van der Waals surface area contributed by atoms with E-state index in [2.05, 4.69) is 0 Å². The monoisotopic (exact) mass is 251 g/mol. The van der Waals surface area contributed by atoms with Crippen LogP contribution < -0.4 is 16.0 Å². The number of carboxylic acid groups (broad SMARTS) is 1. The molecule has 15 heavy (non-hydrogen) atoms. The maximum atomic E-state index is 10.4. The van der Waals surface area contributed by atoms with Gasteiger partial charge in [0.05, 0.1) is 11.0 Å². The number of aliphatic carboxylic acids is 1. The van der Waals surface area contributed by atoms with Gasteiger partial charge in [-0.25, -0.2) is 0 Å². The molecule has 1 aromatic rings. The minimum Gasteiger partial charge on any atom is -0.546 e. The number of hydrogen-bond donors (Lipinski definition) is 1. The van der Waals surface area contributed by atoms with Crippen LogP contribution in [0.1, 0.15) is 6.92 Å².